The Balaban J connectivity index is 3.61. The average molecular weight is 170 g/mol. The maximum Gasteiger partial charge on any atom is 0.0647 e. The molecule has 0 saturated carbocycles. The standard InChI is InChI=1S/C11H22O/c1-5-11(10(3)4)8-7-9-12-6-2/h7-8,10-11H,5-6,9H2,1-4H3/b8-7+. The van der Waals surface area contributed by atoms with Crippen LogP contribution in [0.3, 0.4) is 0 Å². The lowest BCUT2D eigenvalue weighted by Gasteiger charge is -2.13. The van der Waals surface area contributed by atoms with E-state index in [0.29, 0.717) is 5.92 Å². The molecule has 1 atom stereocenters. The molecule has 0 aliphatic carbocycles. The fourth-order valence-electron chi connectivity index (χ4n) is 1.25. The zero-order valence-electron chi connectivity index (χ0n) is 8.84. The normalized spacial score (nSPS) is 14.4. The predicted molar refractivity (Wildman–Crippen MR) is 54.3 cm³/mol. The molecular weight excluding hydrogens is 148 g/mol. The van der Waals surface area contributed by atoms with E-state index < -0.39 is 0 Å². The van der Waals surface area contributed by atoms with Crippen molar-refractivity contribution < 1.29 is 4.74 Å². The Labute approximate surface area is 76.8 Å². The molecule has 1 unspecified atom stereocenters. The summed E-state index contributed by atoms with van der Waals surface area (Å²) in [5, 5.41) is 0. The van der Waals surface area contributed by atoms with Crippen LogP contribution in [0, 0.1) is 11.8 Å². The molecule has 0 aromatic heterocycles. The number of hydrogen-bond donors (Lipinski definition) is 0. The minimum atomic E-state index is 0.713. The fourth-order valence-corrected chi connectivity index (χ4v) is 1.25. The summed E-state index contributed by atoms with van der Waals surface area (Å²) < 4.78 is 5.22. The number of ether oxygens (including phenoxy) is 1. The minimum absolute atomic E-state index is 0.713. The highest BCUT2D eigenvalue weighted by Crippen LogP contribution is 2.15. The lowest BCUT2D eigenvalue weighted by molar-refractivity contribution is 0.177. The summed E-state index contributed by atoms with van der Waals surface area (Å²) in [7, 11) is 0. The Hall–Kier alpha value is -0.300. The van der Waals surface area contributed by atoms with Gasteiger partial charge in [-0.15, -0.1) is 0 Å². The van der Waals surface area contributed by atoms with Gasteiger partial charge < -0.3 is 4.74 Å². The van der Waals surface area contributed by atoms with Crippen LogP contribution >= 0.6 is 0 Å². The largest absolute Gasteiger partial charge is 0.378 e. The van der Waals surface area contributed by atoms with E-state index in [0.717, 1.165) is 19.1 Å². The zero-order valence-corrected chi connectivity index (χ0v) is 8.84. The molecule has 0 aromatic rings. The lowest BCUT2D eigenvalue weighted by atomic mass is 9.93. The summed E-state index contributed by atoms with van der Waals surface area (Å²) in [6, 6.07) is 0. The van der Waals surface area contributed by atoms with Crippen LogP contribution in [-0.4, -0.2) is 13.2 Å². The maximum absolute atomic E-state index is 5.22. The molecule has 0 radical (unpaired) electrons. The Morgan fingerprint density at radius 1 is 1.25 bits per heavy atom. The maximum atomic E-state index is 5.22. The van der Waals surface area contributed by atoms with Crippen molar-refractivity contribution in [2.24, 2.45) is 11.8 Å². The number of allylic oxidation sites excluding steroid dienone is 1. The first kappa shape index (κ1) is 11.7. The lowest BCUT2D eigenvalue weighted by Crippen LogP contribution is -2.04. The molecule has 0 spiro atoms. The summed E-state index contributed by atoms with van der Waals surface area (Å²) in [5.74, 6) is 1.46. The molecule has 1 heteroatoms. The van der Waals surface area contributed by atoms with Gasteiger partial charge in [0.1, 0.15) is 0 Å². The van der Waals surface area contributed by atoms with Crippen molar-refractivity contribution >= 4 is 0 Å². The van der Waals surface area contributed by atoms with Gasteiger partial charge in [0.25, 0.3) is 0 Å². The second-order valence-corrected chi connectivity index (χ2v) is 3.40. The molecule has 0 aliphatic rings. The van der Waals surface area contributed by atoms with Crippen molar-refractivity contribution in [2.75, 3.05) is 13.2 Å². The van der Waals surface area contributed by atoms with Gasteiger partial charge in [-0.25, -0.2) is 0 Å². The highest BCUT2D eigenvalue weighted by atomic mass is 16.5. The number of rotatable bonds is 6. The van der Waals surface area contributed by atoms with Crippen LogP contribution in [0.5, 0.6) is 0 Å². The van der Waals surface area contributed by atoms with Crippen LogP contribution in [0.4, 0.5) is 0 Å². The third-order valence-electron chi connectivity index (χ3n) is 2.13. The first-order chi connectivity index (χ1) is 5.72. The van der Waals surface area contributed by atoms with Gasteiger partial charge in [-0.3, -0.25) is 0 Å². The first-order valence-electron chi connectivity index (χ1n) is 4.96. The Morgan fingerprint density at radius 3 is 2.33 bits per heavy atom. The Kier molecular flexibility index (Phi) is 7.17. The zero-order chi connectivity index (χ0) is 9.40. The predicted octanol–water partition coefficient (Wildman–Crippen LogP) is 3.26. The van der Waals surface area contributed by atoms with Gasteiger partial charge in [0.05, 0.1) is 6.61 Å². The van der Waals surface area contributed by atoms with Crippen molar-refractivity contribution in [3.63, 3.8) is 0 Å². The van der Waals surface area contributed by atoms with Crippen LogP contribution in [0.2, 0.25) is 0 Å². The second-order valence-electron chi connectivity index (χ2n) is 3.40. The Bertz CT molecular complexity index is 116. The van der Waals surface area contributed by atoms with Crippen LogP contribution in [0.1, 0.15) is 34.1 Å². The van der Waals surface area contributed by atoms with E-state index in [1.165, 1.54) is 6.42 Å². The molecule has 0 N–H and O–H groups in total. The SMILES string of the molecule is CCOC/C=C/C(CC)C(C)C. The molecule has 0 bridgehead atoms. The Morgan fingerprint density at radius 2 is 1.92 bits per heavy atom. The van der Waals surface area contributed by atoms with Crippen LogP contribution < -0.4 is 0 Å². The van der Waals surface area contributed by atoms with E-state index >= 15 is 0 Å². The smallest absolute Gasteiger partial charge is 0.0647 e. The highest BCUT2D eigenvalue weighted by Gasteiger charge is 2.05. The minimum Gasteiger partial charge on any atom is -0.378 e. The molecule has 0 saturated heterocycles. The summed E-state index contributed by atoms with van der Waals surface area (Å²) in [4.78, 5) is 0. The van der Waals surface area contributed by atoms with Gasteiger partial charge in [0.2, 0.25) is 0 Å². The van der Waals surface area contributed by atoms with Crippen molar-refractivity contribution in [3.8, 4) is 0 Å². The molecule has 12 heavy (non-hydrogen) atoms. The third-order valence-corrected chi connectivity index (χ3v) is 2.13. The average Bonchev–Trinajstić information content (AvgIpc) is 2.04. The van der Waals surface area contributed by atoms with E-state index in [1.807, 2.05) is 6.92 Å². The summed E-state index contributed by atoms with van der Waals surface area (Å²) in [6.07, 6.45) is 5.64. The van der Waals surface area contributed by atoms with Gasteiger partial charge in [-0.1, -0.05) is 32.9 Å². The van der Waals surface area contributed by atoms with Crippen LogP contribution in [0.15, 0.2) is 12.2 Å². The van der Waals surface area contributed by atoms with E-state index in [2.05, 4.69) is 32.9 Å². The quantitative estimate of drug-likeness (QED) is 0.439. The molecule has 0 heterocycles. The van der Waals surface area contributed by atoms with Crippen molar-refractivity contribution in [3.05, 3.63) is 12.2 Å². The number of hydrogen-bond acceptors (Lipinski definition) is 1. The fraction of sp³-hybridized carbons (Fsp3) is 0.818. The van der Waals surface area contributed by atoms with Gasteiger partial charge in [0, 0.05) is 6.61 Å². The second kappa shape index (κ2) is 7.35. The third kappa shape index (κ3) is 5.36. The molecular formula is C11H22O. The molecule has 0 aliphatic heterocycles. The molecule has 0 rings (SSSR count). The summed E-state index contributed by atoms with van der Waals surface area (Å²) >= 11 is 0. The topological polar surface area (TPSA) is 9.23 Å². The summed E-state index contributed by atoms with van der Waals surface area (Å²) in [5.41, 5.74) is 0. The van der Waals surface area contributed by atoms with Crippen molar-refractivity contribution in [1.29, 1.82) is 0 Å². The van der Waals surface area contributed by atoms with Crippen molar-refractivity contribution in [2.45, 2.75) is 34.1 Å². The molecule has 0 amide bonds. The van der Waals surface area contributed by atoms with Crippen molar-refractivity contribution in [1.82, 2.24) is 0 Å². The van der Waals surface area contributed by atoms with E-state index in [-0.39, 0.29) is 0 Å². The van der Waals surface area contributed by atoms with Crippen LogP contribution in [0.25, 0.3) is 0 Å². The summed E-state index contributed by atoms with van der Waals surface area (Å²) in [6.45, 7) is 10.4. The van der Waals surface area contributed by atoms with Crippen LogP contribution in [-0.2, 0) is 4.74 Å². The molecule has 1 nitrogen and oxygen atoms in total. The van der Waals surface area contributed by atoms with E-state index in [9.17, 15) is 0 Å². The monoisotopic (exact) mass is 170 g/mol. The van der Waals surface area contributed by atoms with Gasteiger partial charge in [-0.2, -0.15) is 0 Å². The highest BCUT2D eigenvalue weighted by molar-refractivity contribution is 4.89. The van der Waals surface area contributed by atoms with E-state index in [4.69, 9.17) is 4.74 Å². The van der Waals surface area contributed by atoms with E-state index in [1.54, 1.807) is 0 Å². The molecule has 0 aromatic carbocycles. The molecule has 72 valence electrons. The van der Waals surface area contributed by atoms with Gasteiger partial charge in [-0.05, 0) is 25.2 Å². The molecule has 0 fully saturated rings. The van der Waals surface area contributed by atoms with Gasteiger partial charge >= 0.3 is 0 Å². The first-order valence-corrected chi connectivity index (χ1v) is 4.96. The van der Waals surface area contributed by atoms with Gasteiger partial charge in [0.15, 0.2) is 0 Å².